The minimum atomic E-state index is -0.100. The van der Waals surface area contributed by atoms with Crippen molar-refractivity contribution in [1.82, 2.24) is 4.90 Å². The van der Waals surface area contributed by atoms with Gasteiger partial charge in [-0.25, -0.2) is 0 Å². The number of hydrogen-bond acceptors (Lipinski definition) is 2. The molecule has 0 heterocycles. The van der Waals surface area contributed by atoms with Gasteiger partial charge in [0.05, 0.1) is 6.07 Å². The molecule has 0 aliphatic heterocycles. The molecule has 2 nitrogen and oxygen atoms in total. The van der Waals surface area contributed by atoms with Crippen molar-refractivity contribution in [2.75, 3.05) is 6.54 Å². The quantitative estimate of drug-likeness (QED) is 0.728. The second kappa shape index (κ2) is 5.19. The van der Waals surface area contributed by atoms with E-state index in [1.807, 2.05) is 0 Å². The van der Waals surface area contributed by atoms with Gasteiger partial charge in [-0.15, -0.1) is 0 Å². The van der Waals surface area contributed by atoms with Crippen LogP contribution in [0.15, 0.2) is 0 Å². The van der Waals surface area contributed by atoms with Crippen LogP contribution in [0.3, 0.4) is 0 Å². The lowest BCUT2D eigenvalue weighted by molar-refractivity contribution is 0.0704. The average Bonchev–Trinajstić information content (AvgIpc) is 2.81. The Balaban J connectivity index is 2.10. The third-order valence-corrected chi connectivity index (χ3v) is 4.54. The molecule has 0 aromatic heterocycles. The molecule has 2 aliphatic carbocycles. The van der Waals surface area contributed by atoms with E-state index in [-0.39, 0.29) is 5.54 Å². The van der Waals surface area contributed by atoms with E-state index < -0.39 is 0 Å². The Kier molecular flexibility index (Phi) is 3.86. The van der Waals surface area contributed by atoms with Gasteiger partial charge in [-0.2, -0.15) is 5.26 Å². The molecule has 0 aromatic rings. The highest BCUT2D eigenvalue weighted by Gasteiger charge is 2.42. The van der Waals surface area contributed by atoms with Gasteiger partial charge in [0, 0.05) is 6.04 Å². The molecule has 0 unspecified atom stereocenters. The Morgan fingerprint density at radius 3 is 2.25 bits per heavy atom. The van der Waals surface area contributed by atoms with Crippen LogP contribution in [0.25, 0.3) is 0 Å². The van der Waals surface area contributed by atoms with Gasteiger partial charge in [-0.05, 0) is 32.2 Å². The predicted molar refractivity (Wildman–Crippen MR) is 66.1 cm³/mol. The van der Waals surface area contributed by atoms with Gasteiger partial charge in [0.2, 0.25) is 0 Å². The summed E-state index contributed by atoms with van der Waals surface area (Å²) in [6.45, 7) is 3.28. The van der Waals surface area contributed by atoms with Crippen LogP contribution in [-0.4, -0.2) is 23.0 Å². The Hall–Kier alpha value is -0.550. The van der Waals surface area contributed by atoms with Crippen LogP contribution < -0.4 is 0 Å². The Morgan fingerprint density at radius 2 is 1.75 bits per heavy atom. The summed E-state index contributed by atoms with van der Waals surface area (Å²) in [5, 5.41) is 9.56. The first-order chi connectivity index (χ1) is 7.82. The summed E-state index contributed by atoms with van der Waals surface area (Å²) in [6.07, 6.45) is 11.5. The molecule has 0 saturated heterocycles. The molecule has 2 aliphatic rings. The Labute approximate surface area is 99.6 Å². The van der Waals surface area contributed by atoms with Crippen LogP contribution in [0.4, 0.5) is 0 Å². The van der Waals surface area contributed by atoms with Crippen molar-refractivity contribution in [3.05, 3.63) is 0 Å². The van der Waals surface area contributed by atoms with Crippen molar-refractivity contribution >= 4 is 0 Å². The topological polar surface area (TPSA) is 27.0 Å². The van der Waals surface area contributed by atoms with Gasteiger partial charge in [0.25, 0.3) is 0 Å². The molecule has 0 spiro atoms. The zero-order valence-corrected chi connectivity index (χ0v) is 10.5. The van der Waals surface area contributed by atoms with Crippen molar-refractivity contribution < 1.29 is 0 Å². The molecule has 0 bridgehead atoms. The normalized spacial score (nSPS) is 25.8. The van der Waals surface area contributed by atoms with Crippen LogP contribution in [0.5, 0.6) is 0 Å². The van der Waals surface area contributed by atoms with Crippen molar-refractivity contribution in [1.29, 1.82) is 5.26 Å². The number of rotatable bonds is 3. The van der Waals surface area contributed by atoms with E-state index in [2.05, 4.69) is 17.9 Å². The van der Waals surface area contributed by atoms with Crippen LogP contribution in [-0.2, 0) is 0 Å². The zero-order chi connectivity index (χ0) is 11.4. The molecule has 0 aromatic carbocycles. The van der Waals surface area contributed by atoms with Gasteiger partial charge in [0.15, 0.2) is 0 Å². The number of hydrogen-bond donors (Lipinski definition) is 0. The fourth-order valence-electron chi connectivity index (χ4n) is 3.73. The van der Waals surface area contributed by atoms with Gasteiger partial charge >= 0.3 is 0 Å². The van der Waals surface area contributed by atoms with Gasteiger partial charge in [0.1, 0.15) is 5.54 Å². The molecular formula is C14H24N2. The molecular weight excluding hydrogens is 196 g/mol. The van der Waals surface area contributed by atoms with Crippen LogP contribution in [0.1, 0.15) is 64.7 Å². The lowest BCUT2D eigenvalue weighted by atomic mass is 9.88. The van der Waals surface area contributed by atoms with Gasteiger partial charge < -0.3 is 0 Å². The summed E-state index contributed by atoms with van der Waals surface area (Å²) < 4.78 is 0. The van der Waals surface area contributed by atoms with E-state index in [0.717, 1.165) is 19.4 Å². The number of nitrogens with zero attached hydrogens (tertiary/aromatic N) is 2. The van der Waals surface area contributed by atoms with Crippen LogP contribution >= 0.6 is 0 Å². The third kappa shape index (κ3) is 2.11. The summed E-state index contributed by atoms with van der Waals surface area (Å²) in [7, 11) is 0. The maximum atomic E-state index is 9.56. The lowest BCUT2D eigenvalue weighted by Gasteiger charge is -2.42. The maximum absolute atomic E-state index is 9.56. The Morgan fingerprint density at radius 1 is 1.12 bits per heavy atom. The number of nitriles is 1. The Bertz CT molecular complexity index is 254. The summed E-state index contributed by atoms with van der Waals surface area (Å²) in [5.74, 6) is 0. The molecule has 2 heteroatoms. The molecule has 2 rings (SSSR count). The van der Waals surface area contributed by atoms with E-state index in [1.54, 1.807) is 0 Å². The lowest BCUT2D eigenvalue weighted by Crippen LogP contribution is -2.51. The van der Waals surface area contributed by atoms with Gasteiger partial charge in [-0.1, -0.05) is 39.0 Å². The molecule has 2 fully saturated rings. The summed E-state index contributed by atoms with van der Waals surface area (Å²) in [4.78, 5) is 2.54. The first kappa shape index (κ1) is 11.9. The molecule has 90 valence electrons. The average molecular weight is 220 g/mol. The van der Waals surface area contributed by atoms with E-state index in [0.29, 0.717) is 6.04 Å². The van der Waals surface area contributed by atoms with Crippen molar-refractivity contribution in [2.45, 2.75) is 76.3 Å². The highest BCUT2D eigenvalue weighted by Crippen LogP contribution is 2.38. The monoisotopic (exact) mass is 220 g/mol. The molecule has 0 atom stereocenters. The molecule has 2 saturated carbocycles. The maximum Gasteiger partial charge on any atom is 0.109 e. The molecule has 0 amide bonds. The first-order valence-electron chi connectivity index (χ1n) is 7.00. The third-order valence-electron chi connectivity index (χ3n) is 4.54. The first-order valence-corrected chi connectivity index (χ1v) is 7.00. The summed E-state index contributed by atoms with van der Waals surface area (Å²) in [6, 6.07) is 3.34. The SMILES string of the molecule is CCN(C1CCCCC1)C1(C#N)CCCC1. The summed E-state index contributed by atoms with van der Waals surface area (Å²) >= 11 is 0. The molecule has 0 radical (unpaired) electrons. The van der Waals surface area contributed by atoms with E-state index >= 15 is 0 Å². The fraction of sp³-hybridized carbons (Fsp3) is 0.929. The van der Waals surface area contributed by atoms with Crippen LogP contribution in [0, 0.1) is 11.3 Å². The largest absolute Gasteiger partial charge is 0.283 e. The zero-order valence-electron chi connectivity index (χ0n) is 10.5. The minimum Gasteiger partial charge on any atom is -0.283 e. The van der Waals surface area contributed by atoms with E-state index in [1.165, 1.54) is 44.9 Å². The van der Waals surface area contributed by atoms with Crippen LogP contribution in [0.2, 0.25) is 0 Å². The second-order valence-electron chi connectivity index (χ2n) is 5.43. The second-order valence-corrected chi connectivity index (χ2v) is 5.43. The fourth-order valence-corrected chi connectivity index (χ4v) is 3.73. The standard InChI is InChI=1S/C14H24N2/c1-2-16(13-8-4-3-5-9-13)14(12-15)10-6-7-11-14/h13H,2-11H2,1H3. The van der Waals surface area contributed by atoms with E-state index in [9.17, 15) is 5.26 Å². The van der Waals surface area contributed by atoms with Crippen molar-refractivity contribution in [2.24, 2.45) is 0 Å². The van der Waals surface area contributed by atoms with Crippen molar-refractivity contribution in [3.8, 4) is 6.07 Å². The highest BCUT2D eigenvalue weighted by molar-refractivity contribution is 5.12. The molecule has 0 N–H and O–H groups in total. The van der Waals surface area contributed by atoms with Crippen molar-refractivity contribution in [3.63, 3.8) is 0 Å². The highest BCUT2D eigenvalue weighted by atomic mass is 15.2. The van der Waals surface area contributed by atoms with E-state index in [4.69, 9.17) is 0 Å². The van der Waals surface area contributed by atoms with Gasteiger partial charge in [-0.3, -0.25) is 4.90 Å². The summed E-state index contributed by atoms with van der Waals surface area (Å²) in [5.41, 5.74) is -0.100. The smallest absolute Gasteiger partial charge is 0.109 e. The predicted octanol–water partition coefficient (Wildman–Crippen LogP) is 3.48. The molecule has 16 heavy (non-hydrogen) atoms. The minimum absolute atomic E-state index is 0.100.